The zero-order valence-corrected chi connectivity index (χ0v) is 14.6. The van der Waals surface area contributed by atoms with Gasteiger partial charge in [-0.15, -0.1) is 11.3 Å². The summed E-state index contributed by atoms with van der Waals surface area (Å²) in [5, 5.41) is 2.04. The van der Waals surface area contributed by atoms with Gasteiger partial charge in [-0.1, -0.05) is 6.07 Å². The summed E-state index contributed by atoms with van der Waals surface area (Å²) in [7, 11) is 0. The number of oxazole rings is 1. The van der Waals surface area contributed by atoms with Gasteiger partial charge in [0.15, 0.2) is 5.58 Å². The van der Waals surface area contributed by atoms with Crippen LogP contribution in [-0.4, -0.2) is 42.0 Å². The number of carbonyl (C=O) groups excluding carboxylic acids is 1. The first-order valence-electron chi connectivity index (χ1n) is 8.37. The Morgan fingerprint density at radius 1 is 1.20 bits per heavy atom. The van der Waals surface area contributed by atoms with Crippen LogP contribution in [0.5, 0.6) is 0 Å². The predicted octanol–water partition coefficient (Wildman–Crippen LogP) is 2.46. The molecule has 0 aliphatic carbocycles. The van der Waals surface area contributed by atoms with Gasteiger partial charge in [0.1, 0.15) is 0 Å². The van der Waals surface area contributed by atoms with E-state index < -0.39 is 5.76 Å². The predicted molar refractivity (Wildman–Crippen MR) is 98.3 cm³/mol. The number of amides is 1. The molecule has 3 aromatic rings. The Bertz CT molecular complexity index is 921. The van der Waals surface area contributed by atoms with Crippen molar-refractivity contribution in [3.63, 3.8) is 0 Å². The highest BCUT2D eigenvalue weighted by Gasteiger charge is 2.21. The maximum atomic E-state index is 12.4. The van der Waals surface area contributed by atoms with E-state index in [0.29, 0.717) is 17.5 Å². The SMILES string of the molecule is O=C(CCc1cccs1)N1CCN(c2ccc3oc(=O)[nH]c3c2)CC1. The number of hydrogen-bond donors (Lipinski definition) is 1. The maximum Gasteiger partial charge on any atom is 0.417 e. The Hall–Kier alpha value is -2.54. The number of nitrogens with zero attached hydrogens (tertiary/aromatic N) is 2. The summed E-state index contributed by atoms with van der Waals surface area (Å²) >= 11 is 1.70. The number of aryl methyl sites for hydroxylation is 1. The molecule has 1 fully saturated rings. The number of piperazine rings is 1. The molecule has 0 atom stereocenters. The first-order valence-corrected chi connectivity index (χ1v) is 9.25. The number of anilines is 1. The van der Waals surface area contributed by atoms with Gasteiger partial charge in [-0.3, -0.25) is 9.78 Å². The van der Waals surface area contributed by atoms with Gasteiger partial charge in [-0.05, 0) is 36.1 Å². The van der Waals surface area contributed by atoms with Crippen LogP contribution in [0.1, 0.15) is 11.3 Å². The van der Waals surface area contributed by atoms with Crippen molar-refractivity contribution in [1.29, 1.82) is 0 Å². The fraction of sp³-hybridized carbons (Fsp3) is 0.333. The molecule has 1 aliphatic rings. The number of carbonyl (C=O) groups is 1. The molecule has 0 bridgehead atoms. The summed E-state index contributed by atoms with van der Waals surface area (Å²) < 4.78 is 5.03. The van der Waals surface area contributed by atoms with Gasteiger partial charge in [0.05, 0.1) is 5.52 Å². The quantitative estimate of drug-likeness (QED) is 0.779. The lowest BCUT2D eigenvalue weighted by Crippen LogP contribution is -2.48. The van der Waals surface area contributed by atoms with E-state index in [9.17, 15) is 9.59 Å². The third-order valence-corrected chi connectivity index (χ3v) is 5.50. The van der Waals surface area contributed by atoms with Gasteiger partial charge in [-0.25, -0.2) is 4.79 Å². The molecule has 0 saturated carbocycles. The number of fused-ring (bicyclic) bond motifs is 1. The Morgan fingerprint density at radius 3 is 2.80 bits per heavy atom. The van der Waals surface area contributed by atoms with Crippen molar-refractivity contribution in [1.82, 2.24) is 9.88 Å². The van der Waals surface area contributed by atoms with E-state index in [0.717, 1.165) is 38.3 Å². The number of thiophene rings is 1. The molecule has 3 heterocycles. The molecule has 1 aliphatic heterocycles. The molecule has 1 aromatic carbocycles. The summed E-state index contributed by atoms with van der Waals surface area (Å²) in [4.78, 5) is 31.8. The number of hydrogen-bond acceptors (Lipinski definition) is 5. The molecule has 0 unspecified atom stereocenters. The van der Waals surface area contributed by atoms with Crippen molar-refractivity contribution in [3.05, 3.63) is 51.1 Å². The Balaban J connectivity index is 1.35. The molecule has 4 rings (SSSR count). The van der Waals surface area contributed by atoms with Crippen molar-refractivity contribution >= 4 is 34.0 Å². The zero-order chi connectivity index (χ0) is 17.2. The highest BCUT2D eigenvalue weighted by atomic mass is 32.1. The Morgan fingerprint density at radius 2 is 2.04 bits per heavy atom. The third-order valence-electron chi connectivity index (χ3n) is 4.57. The molecular formula is C18H19N3O3S. The molecule has 1 N–H and O–H groups in total. The maximum absolute atomic E-state index is 12.4. The van der Waals surface area contributed by atoms with E-state index in [1.807, 2.05) is 28.5 Å². The minimum atomic E-state index is -0.437. The smallest absolute Gasteiger partial charge is 0.408 e. The van der Waals surface area contributed by atoms with E-state index in [1.54, 1.807) is 17.4 Å². The van der Waals surface area contributed by atoms with Crippen LogP contribution in [0.4, 0.5) is 5.69 Å². The number of aromatic amines is 1. The van der Waals surface area contributed by atoms with Crippen LogP contribution in [0.3, 0.4) is 0 Å². The summed E-state index contributed by atoms with van der Waals surface area (Å²) in [6.07, 6.45) is 1.39. The van der Waals surface area contributed by atoms with Gasteiger partial charge in [0.25, 0.3) is 0 Å². The number of nitrogens with one attached hydrogen (secondary N) is 1. The fourth-order valence-corrected chi connectivity index (χ4v) is 3.90. The van der Waals surface area contributed by atoms with Crippen LogP contribution in [0, 0.1) is 0 Å². The monoisotopic (exact) mass is 357 g/mol. The molecule has 130 valence electrons. The van der Waals surface area contributed by atoms with Crippen molar-refractivity contribution in [3.8, 4) is 0 Å². The zero-order valence-electron chi connectivity index (χ0n) is 13.7. The highest BCUT2D eigenvalue weighted by Crippen LogP contribution is 2.22. The summed E-state index contributed by atoms with van der Waals surface area (Å²) in [6, 6.07) is 9.78. The second kappa shape index (κ2) is 6.76. The van der Waals surface area contributed by atoms with Crippen LogP contribution in [0.15, 0.2) is 44.9 Å². The third kappa shape index (κ3) is 3.46. The second-order valence-electron chi connectivity index (χ2n) is 6.14. The van der Waals surface area contributed by atoms with Crippen LogP contribution >= 0.6 is 11.3 Å². The molecule has 0 spiro atoms. The van der Waals surface area contributed by atoms with E-state index in [-0.39, 0.29) is 5.91 Å². The van der Waals surface area contributed by atoms with Gasteiger partial charge < -0.3 is 14.2 Å². The second-order valence-corrected chi connectivity index (χ2v) is 7.17. The average molecular weight is 357 g/mol. The van der Waals surface area contributed by atoms with E-state index in [2.05, 4.69) is 16.0 Å². The number of benzene rings is 1. The van der Waals surface area contributed by atoms with Gasteiger partial charge in [0.2, 0.25) is 5.91 Å². The average Bonchev–Trinajstić information content (AvgIpc) is 3.27. The van der Waals surface area contributed by atoms with Gasteiger partial charge >= 0.3 is 5.76 Å². The lowest BCUT2D eigenvalue weighted by molar-refractivity contribution is -0.131. The Kier molecular flexibility index (Phi) is 4.31. The standard InChI is InChI=1S/C18H19N3O3S/c22-17(6-4-14-2-1-11-25-14)21-9-7-20(8-10-21)13-3-5-16-15(12-13)19-18(23)24-16/h1-3,5,11-12H,4,6-10H2,(H,19,23). The summed E-state index contributed by atoms with van der Waals surface area (Å²) in [6.45, 7) is 3.03. The number of H-pyrrole nitrogens is 1. The summed E-state index contributed by atoms with van der Waals surface area (Å²) in [5.74, 6) is -0.212. The van der Waals surface area contributed by atoms with E-state index in [1.165, 1.54) is 4.88 Å². The molecule has 2 aromatic heterocycles. The van der Waals surface area contributed by atoms with Crippen molar-refractivity contribution in [2.75, 3.05) is 31.1 Å². The van der Waals surface area contributed by atoms with Crippen LogP contribution in [-0.2, 0) is 11.2 Å². The highest BCUT2D eigenvalue weighted by molar-refractivity contribution is 7.09. The van der Waals surface area contributed by atoms with Crippen LogP contribution in [0.25, 0.3) is 11.1 Å². The fourth-order valence-electron chi connectivity index (χ4n) is 3.19. The van der Waals surface area contributed by atoms with Gasteiger partial charge in [-0.2, -0.15) is 0 Å². The Labute approximate surface area is 148 Å². The topological polar surface area (TPSA) is 69.6 Å². The van der Waals surface area contributed by atoms with Crippen LogP contribution in [0.2, 0.25) is 0 Å². The molecule has 0 radical (unpaired) electrons. The van der Waals surface area contributed by atoms with E-state index in [4.69, 9.17) is 4.42 Å². The van der Waals surface area contributed by atoms with Crippen molar-refractivity contribution in [2.24, 2.45) is 0 Å². The molecule has 1 amide bonds. The van der Waals surface area contributed by atoms with Crippen molar-refractivity contribution < 1.29 is 9.21 Å². The lowest BCUT2D eigenvalue weighted by Gasteiger charge is -2.36. The minimum Gasteiger partial charge on any atom is -0.408 e. The molecule has 7 heteroatoms. The molecular weight excluding hydrogens is 338 g/mol. The van der Waals surface area contributed by atoms with Gasteiger partial charge in [0, 0.05) is 43.2 Å². The minimum absolute atomic E-state index is 0.225. The van der Waals surface area contributed by atoms with Crippen molar-refractivity contribution in [2.45, 2.75) is 12.8 Å². The molecule has 1 saturated heterocycles. The number of aromatic nitrogens is 1. The summed E-state index contributed by atoms with van der Waals surface area (Å²) in [5.41, 5.74) is 2.31. The molecule has 25 heavy (non-hydrogen) atoms. The first kappa shape index (κ1) is 16.0. The van der Waals surface area contributed by atoms with E-state index >= 15 is 0 Å². The lowest BCUT2D eigenvalue weighted by atomic mass is 10.2. The molecule has 6 nitrogen and oxygen atoms in total. The van der Waals surface area contributed by atoms with Crippen LogP contribution < -0.4 is 10.7 Å². The first-order chi connectivity index (χ1) is 12.2. The normalized spacial score (nSPS) is 15.0. The number of rotatable bonds is 4. The largest absolute Gasteiger partial charge is 0.417 e.